The van der Waals surface area contributed by atoms with Crippen molar-refractivity contribution in [2.45, 2.75) is 13.5 Å². The first-order valence-electron chi connectivity index (χ1n) is 5.33. The van der Waals surface area contributed by atoms with E-state index in [4.69, 9.17) is 10.5 Å². The van der Waals surface area contributed by atoms with Gasteiger partial charge in [-0.05, 0) is 30.7 Å². The van der Waals surface area contributed by atoms with Crippen LogP contribution in [0.4, 0.5) is 10.2 Å². The van der Waals surface area contributed by atoms with Crippen LogP contribution in [-0.2, 0) is 6.54 Å². The summed E-state index contributed by atoms with van der Waals surface area (Å²) in [7, 11) is 0. The lowest BCUT2D eigenvalue weighted by atomic mass is 10.2. The van der Waals surface area contributed by atoms with Gasteiger partial charge in [-0.3, -0.25) is 4.68 Å². The molecule has 0 saturated carbocycles. The highest BCUT2D eigenvalue weighted by atomic mass is 19.1. The van der Waals surface area contributed by atoms with Crippen LogP contribution in [0.1, 0.15) is 5.56 Å². The molecule has 5 heteroatoms. The van der Waals surface area contributed by atoms with Gasteiger partial charge in [0.2, 0.25) is 0 Å². The first-order chi connectivity index (χ1) is 8.15. The van der Waals surface area contributed by atoms with E-state index in [9.17, 15) is 4.39 Å². The largest absolute Gasteiger partial charge is 0.489 e. The van der Waals surface area contributed by atoms with Crippen molar-refractivity contribution in [2.24, 2.45) is 0 Å². The minimum absolute atomic E-state index is 0.269. The number of hydrogen-bond acceptors (Lipinski definition) is 3. The molecule has 2 rings (SSSR count). The van der Waals surface area contributed by atoms with Crippen LogP contribution in [0.2, 0.25) is 0 Å². The molecule has 17 heavy (non-hydrogen) atoms. The maximum Gasteiger partial charge on any atom is 0.165 e. The highest BCUT2D eigenvalue weighted by Crippen LogP contribution is 2.18. The second kappa shape index (κ2) is 4.86. The summed E-state index contributed by atoms with van der Waals surface area (Å²) in [6.45, 7) is 2.77. The van der Waals surface area contributed by atoms with Gasteiger partial charge in [0.05, 0.1) is 6.54 Å². The minimum atomic E-state index is -0.351. The standard InChI is InChI=1S/C12H14FN3O/c1-9-2-3-10(13)11(8-9)17-7-6-16-5-4-12(14)15-16/h2-5,8H,6-7H2,1H3,(H2,14,15). The summed E-state index contributed by atoms with van der Waals surface area (Å²) < 4.78 is 20.3. The van der Waals surface area contributed by atoms with Crippen molar-refractivity contribution in [3.63, 3.8) is 0 Å². The van der Waals surface area contributed by atoms with Crippen LogP contribution < -0.4 is 10.5 Å². The molecule has 1 aromatic heterocycles. The summed E-state index contributed by atoms with van der Waals surface area (Å²) in [6, 6.07) is 6.48. The van der Waals surface area contributed by atoms with E-state index in [0.717, 1.165) is 5.56 Å². The van der Waals surface area contributed by atoms with E-state index in [1.165, 1.54) is 6.07 Å². The quantitative estimate of drug-likeness (QED) is 0.881. The Bertz CT molecular complexity index is 510. The van der Waals surface area contributed by atoms with Crippen molar-refractivity contribution >= 4 is 5.82 Å². The van der Waals surface area contributed by atoms with Crippen molar-refractivity contribution in [1.82, 2.24) is 9.78 Å². The molecule has 1 heterocycles. The summed E-state index contributed by atoms with van der Waals surface area (Å²) in [5.41, 5.74) is 6.44. The first kappa shape index (κ1) is 11.4. The molecule has 0 radical (unpaired) electrons. The van der Waals surface area contributed by atoms with Crippen LogP contribution in [0, 0.1) is 12.7 Å². The lowest BCUT2D eigenvalue weighted by molar-refractivity contribution is 0.278. The second-order valence-electron chi connectivity index (χ2n) is 3.79. The fourth-order valence-electron chi connectivity index (χ4n) is 1.47. The summed E-state index contributed by atoms with van der Waals surface area (Å²) in [4.78, 5) is 0. The Hall–Kier alpha value is -2.04. The maximum atomic E-state index is 13.3. The fourth-order valence-corrected chi connectivity index (χ4v) is 1.47. The molecule has 2 aromatic rings. The number of nitrogen functional groups attached to an aromatic ring is 1. The van der Waals surface area contributed by atoms with E-state index in [2.05, 4.69) is 5.10 Å². The highest BCUT2D eigenvalue weighted by molar-refractivity contribution is 5.29. The molecule has 0 unspecified atom stereocenters. The first-order valence-corrected chi connectivity index (χ1v) is 5.33. The van der Waals surface area contributed by atoms with E-state index < -0.39 is 0 Å². The zero-order chi connectivity index (χ0) is 12.3. The molecule has 2 N–H and O–H groups in total. The highest BCUT2D eigenvalue weighted by Gasteiger charge is 2.03. The number of rotatable bonds is 4. The summed E-state index contributed by atoms with van der Waals surface area (Å²) >= 11 is 0. The molecule has 0 amide bonds. The van der Waals surface area contributed by atoms with E-state index >= 15 is 0 Å². The second-order valence-corrected chi connectivity index (χ2v) is 3.79. The predicted octanol–water partition coefficient (Wildman–Crippen LogP) is 1.99. The van der Waals surface area contributed by atoms with E-state index in [1.807, 2.05) is 6.92 Å². The zero-order valence-corrected chi connectivity index (χ0v) is 9.56. The molecule has 4 nitrogen and oxygen atoms in total. The summed E-state index contributed by atoms with van der Waals surface area (Å²) in [6.07, 6.45) is 1.76. The van der Waals surface area contributed by atoms with Crippen molar-refractivity contribution < 1.29 is 9.13 Å². The smallest absolute Gasteiger partial charge is 0.165 e. The van der Waals surface area contributed by atoms with Crippen molar-refractivity contribution in [3.05, 3.63) is 41.8 Å². The van der Waals surface area contributed by atoms with Crippen LogP contribution in [0.15, 0.2) is 30.5 Å². The summed E-state index contributed by atoms with van der Waals surface area (Å²) in [5, 5.41) is 4.00. The predicted molar refractivity (Wildman–Crippen MR) is 63.3 cm³/mol. The van der Waals surface area contributed by atoms with Gasteiger partial charge in [0.25, 0.3) is 0 Å². The molecule has 0 bridgehead atoms. The molecular formula is C12H14FN3O. The molecule has 0 aliphatic rings. The average molecular weight is 235 g/mol. The lowest BCUT2D eigenvalue weighted by Gasteiger charge is -2.08. The number of nitrogens with two attached hydrogens (primary N) is 1. The van der Waals surface area contributed by atoms with Crippen LogP contribution in [0.5, 0.6) is 5.75 Å². The van der Waals surface area contributed by atoms with E-state index in [-0.39, 0.29) is 11.6 Å². The number of aryl methyl sites for hydroxylation is 1. The Morgan fingerprint density at radius 3 is 2.94 bits per heavy atom. The van der Waals surface area contributed by atoms with Gasteiger partial charge in [-0.15, -0.1) is 0 Å². The van der Waals surface area contributed by atoms with Crippen molar-refractivity contribution in [3.8, 4) is 5.75 Å². The number of nitrogens with zero attached hydrogens (tertiary/aromatic N) is 2. The third-order valence-electron chi connectivity index (χ3n) is 2.33. The van der Waals surface area contributed by atoms with Crippen LogP contribution in [-0.4, -0.2) is 16.4 Å². The van der Waals surface area contributed by atoms with Crippen molar-refractivity contribution in [2.75, 3.05) is 12.3 Å². The molecule has 0 aliphatic carbocycles. The van der Waals surface area contributed by atoms with Gasteiger partial charge in [0.15, 0.2) is 11.6 Å². The Morgan fingerprint density at radius 1 is 1.41 bits per heavy atom. The number of anilines is 1. The Labute approximate surface area is 98.8 Å². The van der Waals surface area contributed by atoms with Gasteiger partial charge in [-0.25, -0.2) is 4.39 Å². The Kier molecular flexibility index (Phi) is 3.27. The Morgan fingerprint density at radius 2 is 2.24 bits per heavy atom. The number of benzene rings is 1. The Balaban J connectivity index is 1.91. The van der Waals surface area contributed by atoms with Gasteiger partial charge >= 0.3 is 0 Å². The van der Waals surface area contributed by atoms with Gasteiger partial charge in [-0.2, -0.15) is 5.10 Å². The van der Waals surface area contributed by atoms with Gasteiger partial charge in [0, 0.05) is 6.20 Å². The van der Waals surface area contributed by atoms with Crippen LogP contribution in [0.3, 0.4) is 0 Å². The van der Waals surface area contributed by atoms with Crippen LogP contribution in [0.25, 0.3) is 0 Å². The molecule has 0 saturated heterocycles. The molecule has 0 fully saturated rings. The number of hydrogen-bond donors (Lipinski definition) is 1. The number of ether oxygens (including phenoxy) is 1. The topological polar surface area (TPSA) is 53.1 Å². The van der Waals surface area contributed by atoms with Gasteiger partial charge in [-0.1, -0.05) is 6.07 Å². The van der Waals surface area contributed by atoms with Gasteiger partial charge < -0.3 is 10.5 Å². The SMILES string of the molecule is Cc1ccc(F)c(OCCn2ccc(N)n2)c1. The number of aromatic nitrogens is 2. The van der Waals surface area contributed by atoms with E-state index in [0.29, 0.717) is 19.0 Å². The lowest BCUT2D eigenvalue weighted by Crippen LogP contribution is -2.09. The molecule has 0 aliphatic heterocycles. The van der Waals surface area contributed by atoms with Crippen LogP contribution >= 0.6 is 0 Å². The normalized spacial score (nSPS) is 10.5. The minimum Gasteiger partial charge on any atom is -0.489 e. The molecule has 0 atom stereocenters. The third-order valence-corrected chi connectivity index (χ3v) is 2.33. The molecular weight excluding hydrogens is 221 g/mol. The van der Waals surface area contributed by atoms with Crippen molar-refractivity contribution in [1.29, 1.82) is 0 Å². The third kappa shape index (κ3) is 2.96. The van der Waals surface area contributed by atoms with E-state index in [1.54, 1.807) is 29.1 Å². The summed E-state index contributed by atoms with van der Waals surface area (Å²) in [5.74, 6) is 0.382. The monoisotopic (exact) mass is 235 g/mol. The molecule has 0 spiro atoms. The molecule has 90 valence electrons. The molecule has 1 aromatic carbocycles. The zero-order valence-electron chi connectivity index (χ0n) is 9.56. The van der Waals surface area contributed by atoms with Gasteiger partial charge in [0.1, 0.15) is 12.4 Å². The fraction of sp³-hybridized carbons (Fsp3) is 0.250. The number of halogens is 1. The maximum absolute atomic E-state index is 13.3. The average Bonchev–Trinajstić information content (AvgIpc) is 2.69.